The molecule has 1 aliphatic heterocycles. The first-order valence-corrected chi connectivity index (χ1v) is 14.1. The summed E-state index contributed by atoms with van der Waals surface area (Å²) in [5.74, 6) is 2.60. The van der Waals surface area contributed by atoms with Crippen LogP contribution in [0.1, 0.15) is 78.1 Å². The van der Waals surface area contributed by atoms with Gasteiger partial charge in [0.1, 0.15) is 6.61 Å². The lowest BCUT2D eigenvalue weighted by Gasteiger charge is -2.18. The number of aliphatic hydroxyl groups is 2. The fourth-order valence-corrected chi connectivity index (χ4v) is 7.08. The highest BCUT2D eigenvalue weighted by atomic mass is 32.2. The Morgan fingerprint density at radius 1 is 1.23 bits per heavy atom. The molecule has 0 bridgehead atoms. The van der Waals surface area contributed by atoms with E-state index in [1.807, 2.05) is 17.8 Å². The van der Waals surface area contributed by atoms with Crippen molar-refractivity contribution < 1.29 is 19.7 Å². The van der Waals surface area contributed by atoms with Crippen LogP contribution in [0.25, 0.3) is 0 Å². The highest BCUT2D eigenvalue weighted by Crippen LogP contribution is 2.52. The molecule has 0 amide bonds. The molecular formula is C24H42O4S2. The van der Waals surface area contributed by atoms with Crippen molar-refractivity contribution in [2.24, 2.45) is 11.8 Å². The van der Waals surface area contributed by atoms with Gasteiger partial charge in [0.25, 0.3) is 0 Å². The highest BCUT2D eigenvalue weighted by molar-refractivity contribution is 8.00. The molecule has 2 N–H and O–H groups in total. The molecule has 1 saturated carbocycles. The fourth-order valence-electron chi connectivity index (χ4n) is 4.66. The van der Waals surface area contributed by atoms with Crippen molar-refractivity contribution in [3.05, 3.63) is 12.2 Å². The fraction of sp³-hybridized carbons (Fsp3) is 0.875. The summed E-state index contributed by atoms with van der Waals surface area (Å²) >= 11 is 3.84. The number of esters is 1. The molecule has 1 saturated heterocycles. The number of fused-ring (bicyclic) bond motifs is 1. The number of carbonyl (C=O) groups excluding carboxylic acids is 1. The molecule has 0 spiro atoms. The van der Waals surface area contributed by atoms with Crippen molar-refractivity contribution in [1.82, 2.24) is 0 Å². The van der Waals surface area contributed by atoms with Gasteiger partial charge in [0.2, 0.25) is 0 Å². The summed E-state index contributed by atoms with van der Waals surface area (Å²) in [7, 11) is 0. The first-order valence-electron chi connectivity index (χ1n) is 12.0. The largest absolute Gasteiger partial charge is 0.465 e. The molecule has 0 radical (unpaired) electrons. The molecule has 1 unspecified atom stereocenters. The van der Waals surface area contributed by atoms with Crippen LogP contribution in [0.3, 0.4) is 0 Å². The van der Waals surface area contributed by atoms with E-state index in [-0.39, 0.29) is 24.1 Å². The number of aliphatic hydroxyl groups excluding tert-OH is 2. The number of hydrogen-bond acceptors (Lipinski definition) is 6. The molecule has 1 heterocycles. The van der Waals surface area contributed by atoms with Crippen LogP contribution in [0.15, 0.2) is 12.2 Å². The van der Waals surface area contributed by atoms with E-state index in [0.717, 1.165) is 62.9 Å². The van der Waals surface area contributed by atoms with Crippen LogP contribution in [0.4, 0.5) is 0 Å². The van der Waals surface area contributed by atoms with Gasteiger partial charge in [0.15, 0.2) is 0 Å². The second-order valence-electron chi connectivity index (χ2n) is 8.69. The predicted octanol–water partition coefficient (Wildman–Crippen LogP) is 5.21. The van der Waals surface area contributed by atoms with Gasteiger partial charge < -0.3 is 14.9 Å². The maximum Gasteiger partial charge on any atom is 0.305 e. The van der Waals surface area contributed by atoms with Gasteiger partial charge in [-0.2, -0.15) is 23.5 Å². The minimum atomic E-state index is -0.382. The highest BCUT2D eigenvalue weighted by Gasteiger charge is 2.47. The maximum absolute atomic E-state index is 11.8. The summed E-state index contributed by atoms with van der Waals surface area (Å²) < 4.78 is 5.26. The zero-order valence-corrected chi connectivity index (χ0v) is 20.5. The Kier molecular flexibility index (Phi) is 12.9. The lowest BCUT2D eigenvalue weighted by molar-refractivity contribution is -0.143. The normalized spacial score (nSPS) is 29.4. The van der Waals surface area contributed by atoms with E-state index in [4.69, 9.17) is 4.74 Å². The van der Waals surface area contributed by atoms with Gasteiger partial charge in [-0.1, -0.05) is 51.7 Å². The molecule has 6 heteroatoms. The van der Waals surface area contributed by atoms with E-state index in [9.17, 15) is 15.0 Å². The smallest absolute Gasteiger partial charge is 0.305 e. The summed E-state index contributed by atoms with van der Waals surface area (Å²) in [4.78, 5) is 11.8. The van der Waals surface area contributed by atoms with E-state index in [2.05, 4.69) is 19.9 Å². The number of hydrogen-bond donors (Lipinski definition) is 2. The van der Waals surface area contributed by atoms with Crippen LogP contribution in [0, 0.1) is 11.8 Å². The average molecular weight is 459 g/mol. The molecule has 174 valence electrons. The molecule has 4 nitrogen and oxygen atoms in total. The Morgan fingerprint density at radius 2 is 2.07 bits per heavy atom. The first kappa shape index (κ1) is 26.1. The van der Waals surface area contributed by atoms with Crippen LogP contribution < -0.4 is 0 Å². The summed E-state index contributed by atoms with van der Waals surface area (Å²) in [5.41, 5.74) is 0. The minimum Gasteiger partial charge on any atom is -0.465 e. The number of thioether (sulfide) groups is 2. The molecule has 30 heavy (non-hydrogen) atoms. The number of rotatable bonds is 15. The third-order valence-electron chi connectivity index (χ3n) is 6.30. The quantitative estimate of drug-likeness (QED) is 0.199. The van der Waals surface area contributed by atoms with E-state index in [0.29, 0.717) is 29.4 Å². The Balaban J connectivity index is 1.64. The Labute approximate surface area is 192 Å². The topological polar surface area (TPSA) is 66.8 Å². The average Bonchev–Trinajstić information content (AvgIpc) is 3.23. The first-order chi connectivity index (χ1) is 14.5. The Morgan fingerprint density at radius 3 is 2.83 bits per heavy atom. The third-order valence-corrected chi connectivity index (χ3v) is 8.87. The van der Waals surface area contributed by atoms with Crippen LogP contribution >= 0.6 is 23.5 Å². The predicted molar refractivity (Wildman–Crippen MR) is 129 cm³/mol. The van der Waals surface area contributed by atoms with Gasteiger partial charge >= 0.3 is 5.97 Å². The molecule has 2 rings (SSSR count). The van der Waals surface area contributed by atoms with Gasteiger partial charge in [-0.3, -0.25) is 4.79 Å². The molecule has 2 fully saturated rings. The van der Waals surface area contributed by atoms with E-state index in [1.165, 1.54) is 6.42 Å². The zero-order chi connectivity index (χ0) is 21.8. The van der Waals surface area contributed by atoms with Gasteiger partial charge in [-0.05, 0) is 43.8 Å². The molecule has 0 aromatic heterocycles. The lowest BCUT2D eigenvalue weighted by Crippen LogP contribution is -2.19. The van der Waals surface area contributed by atoms with Gasteiger partial charge in [-0.25, -0.2) is 0 Å². The van der Waals surface area contributed by atoms with Crippen LogP contribution in [0.2, 0.25) is 0 Å². The number of unbranched alkanes of at least 4 members (excludes halogenated alkanes) is 3. The van der Waals surface area contributed by atoms with Crippen LogP contribution in [0.5, 0.6) is 0 Å². The SMILES string of the molecule is CCCCC[C@H](O)/C=C/[C@@H]1[C@H]2CC(CCCCC(=O)OCCSCC)S[C@@H]2C[C@H]1O. The molecular weight excluding hydrogens is 416 g/mol. The van der Waals surface area contributed by atoms with E-state index >= 15 is 0 Å². The van der Waals surface area contributed by atoms with Crippen molar-refractivity contribution in [2.75, 3.05) is 18.1 Å². The van der Waals surface area contributed by atoms with Crippen molar-refractivity contribution in [3.8, 4) is 0 Å². The number of carbonyl (C=O) groups is 1. The van der Waals surface area contributed by atoms with Crippen molar-refractivity contribution >= 4 is 29.5 Å². The standard InChI is InChI=1S/C24H42O4S2/c1-3-5-6-9-18(25)12-13-20-21-16-19(30-23(21)17-22(20)26)10-7-8-11-24(27)28-14-15-29-4-2/h12-13,18-23,25-26H,3-11,14-17H2,1-2H3/b13-12+/t18-,19?,20+,21+,22+,23+/m0/s1. The van der Waals surface area contributed by atoms with Crippen LogP contribution in [-0.4, -0.2) is 57.0 Å². The number of ether oxygens (including phenoxy) is 1. The molecule has 1 aliphatic carbocycles. The Bertz CT molecular complexity index is 513. The van der Waals surface area contributed by atoms with Crippen molar-refractivity contribution in [1.29, 1.82) is 0 Å². The molecule has 6 atom stereocenters. The monoisotopic (exact) mass is 458 g/mol. The summed E-state index contributed by atoms with van der Waals surface area (Å²) in [6.07, 6.45) is 13.2. The Hall–Kier alpha value is -0.170. The molecule has 0 aromatic carbocycles. The lowest BCUT2D eigenvalue weighted by atomic mass is 9.89. The second kappa shape index (κ2) is 14.8. The third kappa shape index (κ3) is 9.13. The van der Waals surface area contributed by atoms with Crippen LogP contribution in [-0.2, 0) is 9.53 Å². The van der Waals surface area contributed by atoms with Gasteiger partial charge in [-0.15, -0.1) is 0 Å². The van der Waals surface area contributed by atoms with Crippen molar-refractivity contribution in [2.45, 2.75) is 101 Å². The van der Waals surface area contributed by atoms with E-state index in [1.54, 1.807) is 11.8 Å². The summed E-state index contributed by atoms with van der Waals surface area (Å²) in [6.45, 7) is 4.81. The van der Waals surface area contributed by atoms with Gasteiger partial charge in [0.05, 0.1) is 12.2 Å². The van der Waals surface area contributed by atoms with Crippen molar-refractivity contribution in [3.63, 3.8) is 0 Å². The molecule has 0 aromatic rings. The van der Waals surface area contributed by atoms with E-state index < -0.39 is 0 Å². The second-order valence-corrected chi connectivity index (χ2v) is 11.6. The van der Waals surface area contributed by atoms with Gasteiger partial charge in [0, 0.05) is 28.6 Å². The zero-order valence-electron chi connectivity index (χ0n) is 18.8. The molecule has 2 aliphatic rings. The summed E-state index contributed by atoms with van der Waals surface area (Å²) in [6, 6.07) is 0. The maximum atomic E-state index is 11.8. The summed E-state index contributed by atoms with van der Waals surface area (Å²) in [5, 5.41) is 21.8. The minimum absolute atomic E-state index is 0.0616.